The maximum Gasteiger partial charge on any atom is 0.223 e. The molecular formula is C15H22F2N2O2. The molecule has 4 nitrogen and oxygen atoms in total. The van der Waals surface area contributed by atoms with Crippen LogP contribution in [-0.4, -0.2) is 18.1 Å². The van der Waals surface area contributed by atoms with E-state index in [1.54, 1.807) is 0 Å². The number of hydrogen-bond donors (Lipinski definition) is 2. The minimum Gasteiger partial charge on any atom is -0.487 e. The normalized spacial score (nSPS) is 13.0. The molecule has 0 fully saturated rings. The fourth-order valence-corrected chi connectivity index (χ4v) is 1.51. The summed E-state index contributed by atoms with van der Waals surface area (Å²) in [7, 11) is 0. The Hall–Kier alpha value is -1.69. The molecule has 0 heterocycles. The van der Waals surface area contributed by atoms with Crippen LogP contribution in [0.1, 0.15) is 33.3 Å². The molecule has 0 aromatic heterocycles. The Kier molecular flexibility index (Phi) is 5.66. The Morgan fingerprint density at radius 2 is 1.86 bits per heavy atom. The van der Waals surface area contributed by atoms with Gasteiger partial charge in [0, 0.05) is 12.1 Å². The Morgan fingerprint density at radius 3 is 2.29 bits per heavy atom. The van der Waals surface area contributed by atoms with E-state index in [4.69, 9.17) is 10.5 Å². The van der Waals surface area contributed by atoms with Crippen LogP contribution in [0.4, 0.5) is 8.78 Å². The van der Waals surface area contributed by atoms with E-state index in [0.717, 1.165) is 0 Å². The van der Waals surface area contributed by atoms with Gasteiger partial charge in [0.05, 0.1) is 12.5 Å². The number of benzene rings is 1. The number of ether oxygens (including phenoxy) is 1. The predicted octanol–water partition coefficient (Wildman–Crippen LogP) is 2.35. The summed E-state index contributed by atoms with van der Waals surface area (Å²) in [6.07, 6.45) is 0. The zero-order chi connectivity index (χ0) is 16.2. The third-order valence-corrected chi connectivity index (χ3v) is 2.84. The van der Waals surface area contributed by atoms with Crippen LogP contribution in [0.2, 0.25) is 0 Å². The highest BCUT2D eigenvalue weighted by Crippen LogP contribution is 2.24. The van der Waals surface area contributed by atoms with E-state index in [1.807, 2.05) is 20.8 Å². The number of nitrogens with two attached hydrogens (primary N) is 1. The standard InChI is InChI=1S/C15H22F2N2O2/c1-9(14(18)20)8-21-13-11(16)5-10(6-12(13)17)7-19-15(2,3)4/h5-6,9,19H,7-8H2,1-4H3,(H2,18,20). The second-order valence-electron chi connectivity index (χ2n) is 6.11. The maximum atomic E-state index is 13.9. The summed E-state index contributed by atoms with van der Waals surface area (Å²) in [5.41, 5.74) is 5.39. The lowest BCUT2D eigenvalue weighted by Crippen LogP contribution is -2.35. The van der Waals surface area contributed by atoms with Crippen molar-refractivity contribution >= 4 is 5.91 Å². The number of carbonyl (C=O) groups is 1. The van der Waals surface area contributed by atoms with Crippen LogP contribution in [0, 0.1) is 17.6 Å². The summed E-state index contributed by atoms with van der Waals surface area (Å²) in [5, 5.41) is 3.14. The SMILES string of the molecule is CC(COc1c(F)cc(CNC(C)(C)C)cc1F)C(N)=O. The first-order chi connectivity index (χ1) is 9.60. The van der Waals surface area contributed by atoms with Crippen LogP contribution in [0.5, 0.6) is 5.75 Å². The number of primary amides is 1. The van der Waals surface area contributed by atoms with Gasteiger partial charge in [-0.3, -0.25) is 4.79 Å². The molecule has 1 atom stereocenters. The van der Waals surface area contributed by atoms with Crippen molar-refractivity contribution in [3.05, 3.63) is 29.3 Å². The quantitative estimate of drug-likeness (QED) is 0.847. The van der Waals surface area contributed by atoms with Crippen molar-refractivity contribution in [2.45, 2.75) is 39.8 Å². The van der Waals surface area contributed by atoms with Gasteiger partial charge in [0.25, 0.3) is 0 Å². The lowest BCUT2D eigenvalue weighted by molar-refractivity contribution is -0.122. The average Bonchev–Trinajstić information content (AvgIpc) is 2.34. The molecule has 6 heteroatoms. The minimum atomic E-state index is -0.794. The molecule has 0 aliphatic heterocycles. The van der Waals surface area contributed by atoms with Crippen molar-refractivity contribution in [2.75, 3.05) is 6.61 Å². The lowest BCUT2D eigenvalue weighted by Gasteiger charge is -2.21. The van der Waals surface area contributed by atoms with Crippen LogP contribution in [0.25, 0.3) is 0 Å². The van der Waals surface area contributed by atoms with Crippen molar-refractivity contribution in [1.82, 2.24) is 5.32 Å². The molecule has 0 bridgehead atoms. The van der Waals surface area contributed by atoms with Gasteiger partial charge in [-0.25, -0.2) is 8.78 Å². The summed E-state index contributed by atoms with van der Waals surface area (Å²) in [6.45, 7) is 7.59. The molecule has 1 aromatic carbocycles. The first kappa shape index (κ1) is 17.4. The minimum absolute atomic E-state index is 0.154. The first-order valence-corrected chi connectivity index (χ1v) is 6.75. The molecule has 3 N–H and O–H groups in total. The second kappa shape index (κ2) is 6.85. The topological polar surface area (TPSA) is 64.3 Å². The highest BCUT2D eigenvalue weighted by atomic mass is 19.1. The van der Waals surface area contributed by atoms with Gasteiger partial charge in [0.1, 0.15) is 0 Å². The van der Waals surface area contributed by atoms with E-state index >= 15 is 0 Å². The molecule has 0 aliphatic rings. The predicted molar refractivity (Wildman–Crippen MR) is 76.8 cm³/mol. The largest absolute Gasteiger partial charge is 0.487 e. The van der Waals surface area contributed by atoms with Gasteiger partial charge in [0.15, 0.2) is 17.4 Å². The molecule has 0 radical (unpaired) electrons. The first-order valence-electron chi connectivity index (χ1n) is 6.75. The van der Waals surface area contributed by atoms with Crippen molar-refractivity contribution in [2.24, 2.45) is 11.7 Å². The average molecular weight is 300 g/mol. The second-order valence-corrected chi connectivity index (χ2v) is 6.11. The number of nitrogens with one attached hydrogen (secondary N) is 1. The van der Waals surface area contributed by atoms with E-state index in [0.29, 0.717) is 12.1 Å². The fourth-order valence-electron chi connectivity index (χ4n) is 1.51. The molecule has 0 aliphatic carbocycles. The fraction of sp³-hybridized carbons (Fsp3) is 0.533. The smallest absolute Gasteiger partial charge is 0.223 e. The van der Waals surface area contributed by atoms with Gasteiger partial charge < -0.3 is 15.8 Å². The summed E-state index contributed by atoms with van der Waals surface area (Å²) in [5.74, 6) is -3.27. The van der Waals surface area contributed by atoms with E-state index in [2.05, 4.69) is 5.32 Å². The third kappa shape index (κ3) is 5.67. The lowest BCUT2D eigenvalue weighted by atomic mass is 10.1. The van der Waals surface area contributed by atoms with Crippen LogP contribution in [-0.2, 0) is 11.3 Å². The van der Waals surface area contributed by atoms with Gasteiger partial charge in [-0.1, -0.05) is 6.92 Å². The highest BCUT2D eigenvalue weighted by molar-refractivity contribution is 5.76. The highest BCUT2D eigenvalue weighted by Gasteiger charge is 2.17. The molecule has 118 valence electrons. The molecule has 0 spiro atoms. The number of carbonyl (C=O) groups excluding carboxylic acids is 1. The van der Waals surface area contributed by atoms with Crippen LogP contribution < -0.4 is 15.8 Å². The zero-order valence-electron chi connectivity index (χ0n) is 12.8. The number of rotatable bonds is 6. The van der Waals surface area contributed by atoms with Gasteiger partial charge in [-0.2, -0.15) is 0 Å². The van der Waals surface area contributed by atoms with Gasteiger partial charge in [0.2, 0.25) is 5.91 Å². The van der Waals surface area contributed by atoms with E-state index in [9.17, 15) is 13.6 Å². The summed E-state index contributed by atoms with van der Waals surface area (Å²) in [6, 6.07) is 2.43. The monoisotopic (exact) mass is 300 g/mol. The molecule has 1 amide bonds. The Morgan fingerprint density at radius 1 is 1.33 bits per heavy atom. The third-order valence-electron chi connectivity index (χ3n) is 2.84. The Labute approximate surface area is 123 Å². The van der Waals surface area contributed by atoms with Crippen LogP contribution >= 0.6 is 0 Å². The Balaban J connectivity index is 2.78. The van der Waals surface area contributed by atoms with Gasteiger partial charge in [-0.15, -0.1) is 0 Å². The molecular weight excluding hydrogens is 278 g/mol. The number of amides is 1. The molecule has 1 unspecified atom stereocenters. The molecule has 1 aromatic rings. The van der Waals surface area contributed by atoms with Crippen molar-refractivity contribution in [3.63, 3.8) is 0 Å². The van der Waals surface area contributed by atoms with E-state index < -0.39 is 29.2 Å². The molecule has 21 heavy (non-hydrogen) atoms. The molecule has 0 saturated carbocycles. The number of halogens is 2. The van der Waals surface area contributed by atoms with E-state index in [1.165, 1.54) is 19.1 Å². The van der Waals surface area contributed by atoms with Crippen molar-refractivity contribution in [1.29, 1.82) is 0 Å². The Bertz CT molecular complexity index is 490. The van der Waals surface area contributed by atoms with Crippen molar-refractivity contribution < 1.29 is 18.3 Å². The number of hydrogen-bond acceptors (Lipinski definition) is 3. The zero-order valence-corrected chi connectivity index (χ0v) is 12.8. The van der Waals surface area contributed by atoms with Gasteiger partial charge in [-0.05, 0) is 38.5 Å². The summed E-state index contributed by atoms with van der Waals surface area (Å²) in [4.78, 5) is 10.9. The van der Waals surface area contributed by atoms with Gasteiger partial charge >= 0.3 is 0 Å². The van der Waals surface area contributed by atoms with Crippen LogP contribution in [0.15, 0.2) is 12.1 Å². The summed E-state index contributed by atoms with van der Waals surface area (Å²) >= 11 is 0. The van der Waals surface area contributed by atoms with Crippen molar-refractivity contribution in [3.8, 4) is 5.75 Å². The molecule has 0 saturated heterocycles. The van der Waals surface area contributed by atoms with Crippen LogP contribution in [0.3, 0.4) is 0 Å². The summed E-state index contributed by atoms with van der Waals surface area (Å²) < 4.78 is 32.8. The van der Waals surface area contributed by atoms with E-state index in [-0.39, 0.29) is 12.1 Å². The maximum absolute atomic E-state index is 13.9. The molecule has 1 rings (SSSR count).